The number of thiazole rings is 1. The molecule has 2 atom stereocenters. The van der Waals surface area contributed by atoms with Gasteiger partial charge in [0.25, 0.3) is 0 Å². The third kappa shape index (κ3) is 5.42. The van der Waals surface area contributed by atoms with Gasteiger partial charge in [-0.1, -0.05) is 6.07 Å². The highest BCUT2D eigenvalue weighted by Crippen LogP contribution is 2.35. The topological polar surface area (TPSA) is 130 Å². The van der Waals surface area contributed by atoms with Gasteiger partial charge in [-0.25, -0.2) is 18.4 Å². The molecule has 194 valence electrons. The fraction of sp³-hybridized carbons (Fsp3) is 0.360. The maximum Gasteiger partial charge on any atom is 0.223 e. The molecule has 0 unspecified atom stereocenters. The van der Waals surface area contributed by atoms with E-state index in [0.29, 0.717) is 31.3 Å². The van der Waals surface area contributed by atoms with Gasteiger partial charge >= 0.3 is 0 Å². The Kier molecular flexibility index (Phi) is 6.84. The Morgan fingerprint density at radius 3 is 2.68 bits per heavy atom. The predicted octanol–water partition coefficient (Wildman–Crippen LogP) is 3.81. The van der Waals surface area contributed by atoms with Gasteiger partial charge in [-0.15, -0.1) is 11.3 Å². The van der Waals surface area contributed by atoms with Gasteiger partial charge in [-0.2, -0.15) is 14.3 Å². The number of fused-ring (bicyclic) bond motifs is 1. The Bertz CT molecular complexity index is 1540. The number of benzene rings is 2. The Morgan fingerprint density at radius 2 is 1.95 bits per heavy atom. The maximum atomic E-state index is 12.0. The number of rotatable bonds is 6. The number of aryl methyl sites for hydroxylation is 1. The van der Waals surface area contributed by atoms with E-state index in [-0.39, 0.29) is 18.0 Å². The van der Waals surface area contributed by atoms with Crippen molar-refractivity contribution < 1.29 is 8.42 Å². The van der Waals surface area contributed by atoms with Gasteiger partial charge in [0.1, 0.15) is 5.82 Å². The third-order valence-electron chi connectivity index (χ3n) is 6.75. The molecule has 0 saturated carbocycles. The van der Waals surface area contributed by atoms with Crippen molar-refractivity contribution in [2.45, 2.75) is 32.9 Å². The third-order valence-corrected chi connectivity index (χ3v) is 8.83. The smallest absolute Gasteiger partial charge is 0.223 e. The number of nitrogens with zero attached hydrogens (tertiary/aromatic N) is 6. The lowest BCUT2D eigenvalue weighted by atomic mass is 9.99. The van der Waals surface area contributed by atoms with Crippen LogP contribution in [0, 0.1) is 6.92 Å². The van der Waals surface area contributed by atoms with Crippen LogP contribution in [0.4, 0.5) is 17.3 Å². The molecule has 1 saturated heterocycles. The first kappa shape index (κ1) is 25.5. The van der Waals surface area contributed by atoms with Crippen molar-refractivity contribution in [3.8, 4) is 11.4 Å². The molecule has 5 rings (SSSR count). The number of hydrogen-bond donors (Lipinski definition) is 2. The van der Waals surface area contributed by atoms with Crippen LogP contribution in [-0.2, 0) is 10.0 Å². The van der Waals surface area contributed by atoms with E-state index >= 15 is 0 Å². The van der Waals surface area contributed by atoms with Crippen LogP contribution >= 0.6 is 11.3 Å². The van der Waals surface area contributed by atoms with Crippen LogP contribution in [0.2, 0.25) is 0 Å². The molecule has 0 amide bonds. The van der Waals surface area contributed by atoms with E-state index < -0.39 is 10.0 Å². The molecular formula is C25H30N8O2S2. The zero-order valence-corrected chi connectivity index (χ0v) is 22.8. The van der Waals surface area contributed by atoms with Crippen LogP contribution in [0.15, 0.2) is 41.9 Å². The van der Waals surface area contributed by atoms with E-state index in [0.717, 1.165) is 32.7 Å². The molecule has 10 nitrogen and oxygen atoms in total. The molecule has 0 radical (unpaired) electrons. The van der Waals surface area contributed by atoms with E-state index in [1.807, 2.05) is 29.8 Å². The highest BCUT2D eigenvalue weighted by molar-refractivity contribution is 7.88. The minimum Gasteiger partial charge on any atom is -0.368 e. The summed E-state index contributed by atoms with van der Waals surface area (Å²) in [5, 5.41) is 3.51. The van der Waals surface area contributed by atoms with E-state index in [1.165, 1.54) is 6.26 Å². The molecule has 12 heteroatoms. The van der Waals surface area contributed by atoms with Gasteiger partial charge in [0.15, 0.2) is 5.82 Å². The van der Waals surface area contributed by atoms with Crippen LogP contribution in [-0.4, -0.2) is 69.5 Å². The summed E-state index contributed by atoms with van der Waals surface area (Å²) in [7, 11) is -3.21. The van der Waals surface area contributed by atoms with Gasteiger partial charge in [-0.3, -0.25) is 4.90 Å². The molecule has 1 fully saturated rings. The number of aromatic nitrogens is 4. The molecule has 4 aromatic rings. The normalized spacial score (nSPS) is 18.2. The number of sulfonamides is 1. The van der Waals surface area contributed by atoms with E-state index in [4.69, 9.17) is 5.73 Å². The summed E-state index contributed by atoms with van der Waals surface area (Å²) in [5.74, 6) is 1.20. The number of nitrogens with two attached hydrogens (primary N) is 1. The zero-order chi connectivity index (χ0) is 26.3. The second-order valence-corrected chi connectivity index (χ2v) is 12.3. The average Bonchev–Trinajstić information content (AvgIpc) is 3.30. The Hall–Kier alpha value is -3.19. The first-order chi connectivity index (χ1) is 17.6. The molecule has 0 bridgehead atoms. The molecular weight excluding hydrogens is 508 g/mol. The summed E-state index contributed by atoms with van der Waals surface area (Å²) in [6.07, 6.45) is 1.27. The Labute approximate surface area is 220 Å². The highest BCUT2D eigenvalue weighted by atomic mass is 32.2. The molecule has 3 heterocycles. The monoisotopic (exact) mass is 538 g/mol. The highest BCUT2D eigenvalue weighted by Gasteiger charge is 2.32. The second-order valence-electron chi connectivity index (χ2n) is 9.41. The second kappa shape index (κ2) is 9.93. The van der Waals surface area contributed by atoms with Crippen molar-refractivity contribution in [1.29, 1.82) is 0 Å². The Morgan fingerprint density at radius 1 is 1.14 bits per heavy atom. The summed E-state index contributed by atoms with van der Waals surface area (Å²) < 4.78 is 26.8. The average molecular weight is 539 g/mol. The standard InChI is InChI=1S/C25H30N8O2S2/c1-15-13-32(37(4,34)35)9-10-33(15)16(2)18-5-7-21(20(11-18)24-28-17(3)29-25(26)31-24)30-19-6-8-23-22(12-19)27-14-36-23/h5-8,11-12,14-16,30H,9-10,13H2,1-4H3,(H2,26,28,29,31)/t15-,16+/m0/s1. The minimum atomic E-state index is -3.21. The fourth-order valence-electron chi connectivity index (χ4n) is 4.84. The van der Waals surface area contributed by atoms with Crippen molar-refractivity contribution in [2.75, 3.05) is 36.9 Å². The first-order valence-electron chi connectivity index (χ1n) is 12.0. The van der Waals surface area contributed by atoms with E-state index in [1.54, 1.807) is 22.6 Å². The summed E-state index contributed by atoms with van der Waals surface area (Å²) >= 11 is 1.60. The molecule has 1 aliphatic rings. The van der Waals surface area contributed by atoms with Gasteiger partial charge in [0.2, 0.25) is 16.0 Å². The molecule has 0 aliphatic carbocycles. The first-order valence-corrected chi connectivity index (χ1v) is 14.7. The van der Waals surface area contributed by atoms with Crippen LogP contribution in [0.1, 0.15) is 31.3 Å². The van der Waals surface area contributed by atoms with E-state index in [9.17, 15) is 8.42 Å². The fourth-order valence-corrected chi connectivity index (χ4v) is 6.39. The van der Waals surface area contributed by atoms with Gasteiger partial charge < -0.3 is 11.1 Å². The van der Waals surface area contributed by atoms with Gasteiger partial charge in [-0.05, 0) is 56.7 Å². The molecule has 0 spiro atoms. The molecule has 2 aromatic heterocycles. The quantitative estimate of drug-likeness (QED) is 0.376. The molecule has 37 heavy (non-hydrogen) atoms. The summed E-state index contributed by atoms with van der Waals surface area (Å²) in [5.41, 5.74) is 12.4. The lowest BCUT2D eigenvalue weighted by Crippen LogP contribution is -2.53. The van der Waals surface area contributed by atoms with Crippen LogP contribution in [0.3, 0.4) is 0 Å². The maximum absolute atomic E-state index is 12.0. The number of nitrogens with one attached hydrogen (secondary N) is 1. The number of hydrogen-bond acceptors (Lipinski definition) is 10. The van der Waals surface area contributed by atoms with Crippen molar-refractivity contribution >= 4 is 48.9 Å². The molecule has 3 N–H and O–H groups in total. The molecule has 1 aliphatic heterocycles. The summed E-state index contributed by atoms with van der Waals surface area (Å²) in [4.78, 5) is 19.9. The van der Waals surface area contributed by atoms with Crippen molar-refractivity contribution in [3.63, 3.8) is 0 Å². The molecule has 2 aromatic carbocycles. The Balaban J connectivity index is 1.50. The van der Waals surface area contributed by atoms with Crippen molar-refractivity contribution in [2.24, 2.45) is 0 Å². The number of anilines is 3. The van der Waals surface area contributed by atoms with Crippen molar-refractivity contribution in [1.82, 2.24) is 29.1 Å². The lowest BCUT2D eigenvalue weighted by Gasteiger charge is -2.42. The minimum absolute atomic E-state index is 0.0520. The zero-order valence-electron chi connectivity index (χ0n) is 21.2. The van der Waals surface area contributed by atoms with Crippen LogP contribution in [0.25, 0.3) is 21.6 Å². The largest absolute Gasteiger partial charge is 0.368 e. The lowest BCUT2D eigenvalue weighted by molar-refractivity contribution is 0.0907. The number of piperazine rings is 1. The van der Waals surface area contributed by atoms with Crippen LogP contribution < -0.4 is 11.1 Å². The summed E-state index contributed by atoms with van der Waals surface area (Å²) in [6, 6.07) is 12.4. The summed E-state index contributed by atoms with van der Waals surface area (Å²) in [6.45, 7) is 7.59. The predicted molar refractivity (Wildman–Crippen MR) is 148 cm³/mol. The number of nitrogen functional groups attached to an aromatic ring is 1. The SMILES string of the molecule is Cc1nc(N)nc(-c2cc([C@@H](C)N3CCN(S(C)(=O)=O)C[C@@H]3C)ccc2Nc2ccc3scnc3c2)n1. The van der Waals surface area contributed by atoms with Gasteiger partial charge in [0, 0.05) is 48.7 Å². The van der Waals surface area contributed by atoms with Gasteiger partial charge in [0.05, 0.1) is 22.0 Å². The van der Waals surface area contributed by atoms with E-state index in [2.05, 4.69) is 56.1 Å². The van der Waals surface area contributed by atoms with Crippen molar-refractivity contribution in [3.05, 3.63) is 53.3 Å². The van der Waals surface area contributed by atoms with Crippen LogP contribution in [0.5, 0.6) is 0 Å².